The number of terminal acetylenes is 1. The van der Waals surface area contributed by atoms with Gasteiger partial charge in [0, 0.05) is 0 Å². The third-order valence-electron chi connectivity index (χ3n) is 18.2. The summed E-state index contributed by atoms with van der Waals surface area (Å²) < 4.78 is 94.4. The molecule has 101 heavy (non-hydrogen) atoms. The van der Waals surface area contributed by atoms with Crippen molar-refractivity contribution in [1.82, 2.24) is 15.0 Å². The first-order valence-corrected chi connectivity index (χ1v) is 32.1. The van der Waals surface area contributed by atoms with Crippen LogP contribution in [-0.4, -0.2) is 378 Å². The molecule has 24 rings (SSSR count). The minimum Gasteiger partial charge on any atom is -0.487 e. The van der Waals surface area contributed by atoms with Gasteiger partial charge in [0.25, 0.3) is 0 Å². The minimum absolute atomic E-state index is 0.101. The topological polar surface area (TPSA) is 608 Å². The molecule has 0 aliphatic carbocycles. The molecule has 21 saturated heterocycles. The zero-order valence-corrected chi connectivity index (χ0v) is 53.1. The summed E-state index contributed by atoms with van der Waals surface area (Å²) in [6.45, 7) is -7.02. The molecule has 1 aromatic heterocycles. The molecule has 35 atom stereocenters. The van der Waals surface area contributed by atoms with Crippen LogP contribution in [-0.2, 0) is 79.5 Å². The number of azo groups is 1. The van der Waals surface area contributed by atoms with Crippen LogP contribution in [0.4, 0.5) is 11.4 Å². The second-order valence-corrected chi connectivity index (χ2v) is 24.9. The van der Waals surface area contributed by atoms with E-state index in [0.717, 1.165) is 0 Å². The number of benzene rings is 2. The third-order valence-corrected chi connectivity index (χ3v) is 18.2. The van der Waals surface area contributed by atoms with E-state index in [1.807, 2.05) is 0 Å². The van der Waals surface area contributed by atoms with Crippen LogP contribution in [0.1, 0.15) is 5.69 Å². The van der Waals surface area contributed by atoms with Crippen molar-refractivity contribution < 1.29 is 178 Å². The number of hydrogen-bond acceptors (Lipinski definition) is 40. The highest BCUT2D eigenvalue weighted by molar-refractivity contribution is 5.44. The van der Waals surface area contributed by atoms with Gasteiger partial charge < -0.3 is 178 Å². The highest BCUT2D eigenvalue weighted by Gasteiger charge is 2.60. The second-order valence-electron chi connectivity index (χ2n) is 24.9. The van der Waals surface area contributed by atoms with E-state index in [9.17, 15) is 102 Å². The van der Waals surface area contributed by atoms with E-state index in [1.165, 1.54) is 10.9 Å². The van der Waals surface area contributed by atoms with Gasteiger partial charge in [-0.2, -0.15) is 10.2 Å². The van der Waals surface area contributed by atoms with Crippen LogP contribution < -0.4 is 9.47 Å². The molecule has 564 valence electrons. The van der Waals surface area contributed by atoms with Crippen molar-refractivity contribution >= 4 is 11.4 Å². The summed E-state index contributed by atoms with van der Waals surface area (Å²) in [4.78, 5) is 0. The Morgan fingerprint density at radius 3 is 0.851 bits per heavy atom. The van der Waals surface area contributed by atoms with E-state index in [4.69, 9.17) is 82.2 Å². The fourth-order valence-electron chi connectivity index (χ4n) is 12.7. The van der Waals surface area contributed by atoms with Gasteiger partial charge in [-0.15, -0.1) is 11.5 Å². The average Bonchev–Trinajstić information content (AvgIpc) is 1.16. The molecular weight excluding hydrogens is 1370 g/mol. The number of hydrogen-bond donors (Lipinski definition) is 20. The van der Waals surface area contributed by atoms with Gasteiger partial charge in [-0.1, -0.05) is 11.1 Å². The molecule has 0 amide bonds. The van der Waals surface area contributed by atoms with Gasteiger partial charge in [0.15, 0.2) is 44.0 Å². The predicted octanol–water partition coefficient (Wildman–Crippen LogP) is -10.9. The van der Waals surface area contributed by atoms with Crippen molar-refractivity contribution in [2.24, 2.45) is 10.2 Å². The number of nitrogens with zero attached hydrogens (tertiary/aromatic N) is 5. The summed E-state index contributed by atoms with van der Waals surface area (Å²) in [6.07, 6.45) is -64.7. The van der Waals surface area contributed by atoms with Gasteiger partial charge in [0.05, 0.1) is 63.8 Å². The molecule has 20 N–H and O–H groups in total. The van der Waals surface area contributed by atoms with Crippen molar-refractivity contribution in [1.29, 1.82) is 0 Å². The standard InChI is InChI=1S/C60H83N5O36/c1-2-11-86-24-7-3-21(4-8-24)61-62-22-5-9-25(10-6-22)87-20-23-12-65(64-63-23)13-26-47-33(72)40(79)54(88-26)96-48-27(14-66)90-56(42(81)35(48)74)98-50-29(16-68)92-58(44(83)37(50)76)100-52-31(18-70)94-60(46(85)39(52)78)101-53-32(19-71)93-59(45(84)38(53)77)99-51-30(17-69)91-57(43(82)36(51)75)97-49-28(15-67)89-55(95-47)41(80)34(49)73/h1,3-10,12,26-60,66-85H,11,13-20H2/t26-,27-,28-,29-,30-,31-,32-,33-,34-,35-,36-,37-,38-,39-,40-,41-,42-,43-,44-,45-,46-,47-,48-,49-,50-,51-,52-,53-,54-,55-,56-,57-,58-,59-,60-/m1/s1. The fourth-order valence-corrected chi connectivity index (χ4v) is 12.7. The fraction of sp³-hybridized carbons (Fsp3) is 0.733. The smallest absolute Gasteiger partial charge is 0.187 e. The Kier molecular flexibility index (Phi) is 26.0. The van der Waals surface area contributed by atoms with Gasteiger partial charge in [0.1, 0.15) is 201 Å². The van der Waals surface area contributed by atoms with E-state index in [-0.39, 0.29) is 18.9 Å². The SMILES string of the molecule is C#CCOc1ccc(N=Nc2ccc(OCc3cn(C[C@H]4O[C@@H]5O[C@H]6[C@H](O)[C@@H](O)[C@@H](O[C@H]7[C@H](O)[C@@H](O)[C@@H](O[C@H]8[C@H](O)[C@@H](O)[C@@H](O[C@H]9[C@H](O)[C@@H](O)[C@@H](O[C@H]%10[C@H](O)[C@@H](O)[C@@H](O[C@H]%11[C@H](O)[C@@H](O)[C@@H](O[C@H]4[C@H](O)[C@H]5O)O[C@@H]%11CO)O[C@@H]%10CO)O[C@@H]9CO)O[C@@H]8CO)O[C@@H]7CO)O[C@@H]6CO)nn3)cc2)cc1. The summed E-state index contributed by atoms with van der Waals surface area (Å²) in [5.74, 6) is 3.30. The zero-order valence-electron chi connectivity index (χ0n) is 53.1. The monoisotopic (exact) mass is 1450 g/mol. The zero-order chi connectivity index (χ0) is 72.2. The number of ether oxygens (including phenoxy) is 16. The molecule has 0 unspecified atom stereocenters. The van der Waals surface area contributed by atoms with Gasteiger partial charge in [-0.05, 0) is 48.5 Å². The Morgan fingerprint density at radius 2 is 0.594 bits per heavy atom. The molecular formula is C60H83N5O36. The van der Waals surface area contributed by atoms with Crippen molar-refractivity contribution in [3.63, 3.8) is 0 Å². The molecule has 21 aliphatic heterocycles. The van der Waals surface area contributed by atoms with Crippen LogP contribution in [0.2, 0.25) is 0 Å². The summed E-state index contributed by atoms with van der Waals surface area (Å²) >= 11 is 0. The van der Waals surface area contributed by atoms with E-state index < -0.39 is 261 Å². The number of rotatable bonds is 15. The lowest BCUT2D eigenvalue weighted by atomic mass is 9.95. The molecule has 41 heteroatoms. The van der Waals surface area contributed by atoms with E-state index >= 15 is 0 Å². The molecule has 0 spiro atoms. The normalized spacial score (nSPS) is 44.9. The Labute approximate surface area is 571 Å². The molecule has 14 bridgehead atoms. The third kappa shape index (κ3) is 16.7. The van der Waals surface area contributed by atoms with Crippen LogP contribution in [0.5, 0.6) is 11.5 Å². The van der Waals surface area contributed by atoms with Crippen LogP contribution in [0.3, 0.4) is 0 Å². The van der Waals surface area contributed by atoms with Crippen LogP contribution in [0.25, 0.3) is 0 Å². The summed E-state index contributed by atoms with van der Waals surface area (Å²) in [5, 5.41) is 243. The molecule has 3 aromatic rings. The quantitative estimate of drug-likeness (QED) is 0.0496. The van der Waals surface area contributed by atoms with E-state index in [2.05, 4.69) is 26.5 Å². The molecule has 2 aromatic carbocycles. The summed E-state index contributed by atoms with van der Waals surface area (Å²) in [5.41, 5.74) is 1.21. The van der Waals surface area contributed by atoms with Crippen LogP contribution >= 0.6 is 0 Å². The van der Waals surface area contributed by atoms with Crippen LogP contribution in [0, 0.1) is 12.3 Å². The van der Waals surface area contributed by atoms with Crippen molar-refractivity contribution in [3.8, 4) is 23.8 Å². The van der Waals surface area contributed by atoms with Crippen molar-refractivity contribution in [2.45, 2.75) is 228 Å². The Balaban J connectivity index is 0.853. The highest BCUT2D eigenvalue weighted by atomic mass is 16.8. The Bertz CT molecular complexity index is 3130. The maximum absolute atomic E-state index is 12.1. The Morgan fingerprint density at radius 1 is 0.347 bits per heavy atom. The van der Waals surface area contributed by atoms with Gasteiger partial charge in [-0.25, -0.2) is 4.68 Å². The number of aromatic nitrogens is 3. The highest BCUT2D eigenvalue weighted by Crippen LogP contribution is 2.40. The first kappa shape index (κ1) is 77.1. The number of aliphatic hydroxyl groups is 20. The second kappa shape index (κ2) is 34.0. The van der Waals surface area contributed by atoms with Crippen LogP contribution in [0.15, 0.2) is 65.0 Å². The van der Waals surface area contributed by atoms with Crippen molar-refractivity contribution in [2.75, 3.05) is 46.2 Å². The lowest BCUT2D eigenvalue weighted by molar-refractivity contribution is -0.396. The lowest BCUT2D eigenvalue weighted by Gasteiger charge is -2.50. The van der Waals surface area contributed by atoms with Crippen molar-refractivity contribution in [3.05, 3.63) is 60.4 Å². The molecule has 0 saturated carbocycles. The molecule has 0 radical (unpaired) electrons. The van der Waals surface area contributed by atoms with E-state index in [1.54, 1.807) is 48.5 Å². The maximum Gasteiger partial charge on any atom is 0.187 e. The molecule has 21 aliphatic rings. The molecule has 22 heterocycles. The largest absolute Gasteiger partial charge is 0.487 e. The minimum atomic E-state index is -2.26. The number of aliphatic hydroxyl groups excluding tert-OH is 20. The summed E-state index contributed by atoms with van der Waals surface area (Å²) in [7, 11) is 0. The maximum atomic E-state index is 12.1. The molecule has 41 nitrogen and oxygen atoms in total. The van der Waals surface area contributed by atoms with Gasteiger partial charge in [0.2, 0.25) is 0 Å². The Hall–Kier alpha value is -5.02. The molecule has 21 fully saturated rings. The van der Waals surface area contributed by atoms with Gasteiger partial charge in [-0.3, -0.25) is 0 Å². The first-order valence-electron chi connectivity index (χ1n) is 32.1. The average molecular weight is 1450 g/mol. The lowest BCUT2D eigenvalue weighted by Crippen LogP contribution is -2.68. The summed E-state index contributed by atoms with van der Waals surface area (Å²) in [6, 6.07) is 13.2. The first-order chi connectivity index (χ1) is 48.5. The van der Waals surface area contributed by atoms with Gasteiger partial charge >= 0.3 is 0 Å². The van der Waals surface area contributed by atoms with E-state index in [0.29, 0.717) is 22.9 Å². The predicted molar refractivity (Wildman–Crippen MR) is 317 cm³/mol.